The smallest absolute Gasteiger partial charge is 2.00 e. The Labute approximate surface area is 78.0 Å². The summed E-state index contributed by atoms with van der Waals surface area (Å²) in [7, 11) is 4.36. The Balaban J connectivity index is -0.0000000800. The average molecular weight is 279 g/mol. The Kier molecular flexibility index (Phi) is 17.8. The SMILES string of the molecule is O=S(=O)([O-])[O-].[Cl][Fe][Cl].[Fe+2]. The summed E-state index contributed by atoms with van der Waals surface area (Å²) in [4.78, 5) is 0. The van der Waals surface area contributed by atoms with Crippen molar-refractivity contribution in [1.82, 2.24) is 0 Å². The van der Waals surface area contributed by atoms with Crippen molar-refractivity contribution in [2.75, 3.05) is 0 Å². The topological polar surface area (TPSA) is 80.3 Å². The van der Waals surface area contributed by atoms with Gasteiger partial charge in [0.15, 0.2) is 0 Å². The Hall–Kier alpha value is 1.49. The fourth-order valence-electron chi connectivity index (χ4n) is 0. The normalized spacial score (nSPS) is 8.89. The van der Waals surface area contributed by atoms with Crippen LogP contribution in [0.2, 0.25) is 0 Å². The van der Waals surface area contributed by atoms with E-state index in [1.54, 1.807) is 0 Å². The van der Waals surface area contributed by atoms with Crippen molar-refractivity contribution < 1.29 is 47.7 Å². The average Bonchev–Trinajstić information content (AvgIpc) is 1.27. The van der Waals surface area contributed by atoms with Crippen LogP contribution in [0.5, 0.6) is 0 Å². The molecular weight excluding hydrogens is 279 g/mol. The van der Waals surface area contributed by atoms with Gasteiger partial charge in [-0.1, -0.05) is 0 Å². The fraction of sp³-hybridized carbons (Fsp3) is 0. The van der Waals surface area contributed by atoms with Crippen molar-refractivity contribution in [3.8, 4) is 0 Å². The number of hydrogen-bond donors (Lipinski definition) is 0. The van der Waals surface area contributed by atoms with Gasteiger partial charge in [0.05, 0.1) is 0 Å². The van der Waals surface area contributed by atoms with Crippen molar-refractivity contribution in [3.63, 3.8) is 0 Å². The third-order valence-electron chi connectivity index (χ3n) is 0. The van der Waals surface area contributed by atoms with E-state index in [-0.39, 0.29) is 30.2 Å². The van der Waals surface area contributed by atoms with Gasteiger partial charge in [0.2, 0.25) is 0 Å². The van der Waals surface area contributed by atoms with Crippen LogP contribution in [-0.4, -0.2) is 17.5 Å². The molecule has 0 saturated heterocycles. The van der Waals surface area contributed by atoms with Crippen molar-refractivity contribution >= 4 is 30.6 Å². The molecule has 4 nitrogen and oxygen atoms in total. The molecule has 0 spiro atoms. The second-order valence-corrected chi connectivity index (χ2v) is 3.10. The molecule has 9 heteroatoms. The number of rotatable bonds is 0. The van der Waals surface area contributed by atoms with Gasteiger partial charge in [-0.15, -0.1) is 0 Å². The van der Waals surface area contributed by atoms with E-state index in [4.69, 9.17) is 37.7 Å². The Morgan fingerprint density at radius 1 is 1.22 bits per heavy atom. The second kappa shape index (κ2) is 9.49. The van der Waals surface area contributed by atoms with Crippen molar-refractivity contribution in [2.24, 2.45) is 0 Å². The molecule has 0 aliphatic carbocycles. The molecule has 0 aliphatic heterocycles. The first-order valence-electron chi connectivity index (χ1n) is 0.934. The summed E-state index contributed by atoms with van der Waals surface area (Å²) in [5.74, 6) is 0. The molecule has 0 rings (SSSR count). The van der Waals surface area contributed by atoms with E-state index in [0.29, 0.717) is 0 Å². The van der Waals surface area contributed by atoms with Gasteiger partial charge in [0, 0.05) is 10.4 Å². The zero-order valence-electron chi connectivity index (χ0n) is 3.50. The summed E-state index contributed by atoms with van der Waals surface area (Å²) in [6.07, 6.45) is 0. The molecule has 0 aromatic carbocycles. The van der Waals surface area contributed by atoms with Gasteiger partial charge in [-0.2, -0.15) is 0 Å². The maximum atomic E-state index is 8.52. The van der Waals surface area contributed by atoms with E-state index >= 15 is 0 Å². The van der Waals surface area contributed by atoms with Crippen LogP contribution in [0.25, 0.3) is 0 Å². The minimum absolute atomic E-state index is 0. The monoisotopic (exact) mass is 278 g/mol. The van der Waals surface area contributed by atoms with Gasteiger partial charge in [-0.05, 0) is 0 Å². The van der Waals surface area contributed by atoms with Crippen molar-refractivity contribution in [1.29, 1.82) is 0 Å². The van der Waals surface area contributed by atoms with Crippen LogP contribution in [0.4, 0.5) is 0 Å². The van der Waals surface area contributed by atoms with Crippen LogP contribution in [0.1, 0.15) is 0 Å². The molecule has 60 valence electrons. The molecule has 0 amide bonds. The van der Waals surface area contributed by atoms with Gasteiger partial charge in [0.25, 0.3) is 0 Å². The molecule has 0 radical (unpaired) electrons. The standard InChI is InChI=1S/2ClH.2Fe.H2O4S/c;;;;1-5(2,3)4/h2*1H;;;(H2,1,2,3,4)/q;;2*+2;/p-4. The molecule has 0 N–H and O–H groups in total. The van der Waals surface area contributed by atoms with E-state index in [1.807, 2.05) is 0 Å². The first-order valence-corrected chi connectivity index (χ1v) is 5.31. The van der Waals surface area contributed by atoms with Gasteiger partial charge in [-0.25, -0.2) is 0 Å². The molecule has 0 saturated carbocycles. The molecule has 0 aromatic heterocycles. The quantitative estimate of drug-likeness (QED) is 0.356. The van der Waals surface area contributed by atoms with Gasteiger partial charge < -0.3 is 9.11 Å². The number of hydrogen-bond acceptors (Lipinski definition) is 4. The molecular formula is Cl2Fe2O4S. The molecule has 9 heavy (non-hydrogen) atoms. The first-order chi connectivity index (χ1) is 3.41. The fourth-order valence-corrected chi connectivity index (χ4v) is 0. The third-order valence-corrected chi connectivity index (χ3v) is 0. The molecule has 0 aliphatic rings. The van der Waals surface area contributed by atoms with Crippen LogP contribution in [0.15, 0.2) is 0 Å². The first kappa shape index (κ1) is 16.8. The van der Waals surface area contributed by atoms with Gasteiger partial charge >= 0.3 is 50.4 Å². The van der Waals surface area contributed by atoms with Gasteiger partial charge in [0.1, 0.15) is 0 Å². The van der Waals surface area contributed by atoms with Crippen molar-refractivity contribution in [3.05, 3.63) is 0 Å². The van der Waals surface area contributed by atoms with E-state index in [9.17, 15) is 0 Å². The Morgan fingerprint density at radius 3 is 1.22 bits per heavy atom. The van der Waals surface area contributed by atoms with E-state index in [2.05, 4.69) is 0 Å². The summed E-state index contributed by atoms with van der Waals surface area (Å²) >= 11 is 0.194. The second-order valence-electron chi connectivity index (χ2n) is 0.459. The molecule has 0 heterocycles. The Bertz CT molecular complexity index is 111. The predicted molar refractivity (Wildman–Crippen MR) is 22.2 cm³/mol. The van der Waals surface area contributed by atoms with Crippen LogP contribution >= 0.6 is 20.2 Å². The van der Waals surface area contributed by atoms with Crippen LogP contribution in [-0.2, 0) is 40.6 Å². The molecule has 0 aromatic rings. The zero-order valence-corrected chi connectivity index (χ0v) is 8.04. The minimum atomic E-state index is -5.17. The summed E-state index contributed by atoms with van der Waals surface area (Å²) in [6, 6.07) is 0. The summed E-state index contributed by atoms with van der Waals surface area (Å²) < 4.78 is 34.1. The van der Waals surface area contributed by atoms with Crippen LogP contribution < -0.4 is 0 Å². The summed E-state index contributed by atoms with van der Waals surface area (Å²) in [6.45, 7) is 0. The van der Waals surface area contributed by atoms with E-state index < -0.39 is 10.4 Å². The largest absolute Gasteiger partial charge is 2.00 e. The molecule has 0 fully saturated rings. The summed E-state index contributed by atoms with van der Waals surface area (Å²) in [5, 5.41) is 0. The Morgan fingerprint density at radius 2 is 1.22 bits per heavy atom. The number of halogens is 2. The maximum absolute atomic E-state index is 8.52. The molecule has 0 bridgehead atoms. The van der Waals surface area contributed by atoms with Gasteiger partial charge in [-0.3, -0.25) is 8.42 Å². The zero-order chi connectivity index (χ0) is 7.21. The minimum Gasteiger partial charge on any atom is 2.00 e. The van der Waals surface area contributed by atoms with E-state index in [1.165, 1.54) is 0 Å². The predicted octanol–water partition coefficient (Wildman–Crippen LogP) is 0.0360. The summed E-state index contributed by atoms with van der Waals surface area (Å²) in [5.41, 5.74) is 0. The van der Waals surface area contributed by atoms with Crippen molar-refractivity contribution in [2.45, 2.75) is 0 Å². The van der Waals surface area contributed by atoms with Crippen LogP contribution in [0, 0.1) is 0 Å². The van der Waals surface area contributed by atoms with Crippen LogP contribution in [0.3, 0.4) is 0 Å². The van der Waals surface area contributed by atoms with E-state index in [0.717, 1.165) is 0 Å². The molecule has 0 atom stereocenters. The molecule has 0 unspecified atom stereocenters. The third kappa shape index (κ3) is 240. The maximum Gasteiger partial charge on any atom is 2.00 e.